The minimum Gasteiger partial charge on any atom is -0.351 e. The number of alkyl halides is 1. The summed E-state index contributed by atoms with van der Waals surface area (Å²) >= 11 is 5.75. The molecule has 1 amide bonds. The average molecular weight is 213 g/mol. The predicted octanol–water partition coefficient (Wildman–Crippen LogP) is 1.72. The number of carbonyl (C=O) groups is 1. The van der Waals surface area contributed by atoms with Gasteiger partial charge in [-0.1, -0.05) is 13.0 Å². The van der Waals surface area contributed by atoms with E-state index in [-0.39, 0.29) is 5.91 Å². The lowest BCUT2D eigenvalue weighted by Gasteiger charge is -2.07. The molecule has 3 nitrogen and oxygen atoms in total. The Bertz CT molecular complexity index is 289. The molecule has 1 aromatic rings. The monoisotopic (exact) mass is 212 g/mol. The maximum Gasteiger partial charge on any atom is 0.238 e. The quantitative estimate of drug-likeness (QED) is 0.773. The first-order valence-electron chi connectivity index (χ1n) is 4.54. The molecule has 1 rings (SSSR count). The normalized spacial score (nSPS) is 12.1. The minimum atomic E-state index is -0.438. The van der Waals surface area contributed by atoms with Crippen LogP contribution in [-0.4, -0.2) is 16.3 Å². The van der Waals surface area contributed by atoms with E-state index in [0.717, 1.165) is 5.56 Å². The molecule has 0 radical (unpaired) electrons. The van der Waals surface area contributed by atoms with Gasteiger partial charge < -0.3 is 5.32 Å². The van der Waals surface area contributed by atoms with Gasteiger partial charge in [0.25, 0.3) is 0 Å². The van der Waals surface area contributed by atoms with Gasteiger partial charge in [-0.2, -0.15) is 0 Å². The lowest BCUT2D eigenvalue weighted by atomic mass is 10.2. The van der Waals surface area contributed by atoms with E-state index in [2.05, 4.69) is 10.3 Å². The van der Waals surface area contributed by atoms with E-state index in [1.165, 1.54) is 0 Å². The number of hydrogen-bond donors (Lipinski definition) is 1. The van der Waals surface area contributed by atoms with Crippen LogP contribution in [0, 0.1) is 0 Å². The molecule has 0 aliphatic heterocycles. The summed E-state index contributed by atoms with van der Waals surface area (Å²) < 4.78 is 0. The summed E-state index contributed by atoms with van der Waals surface area (Å²) in [6.07, 6.45) is 4.05. The SMILES string of the molecule is CCC(Cl)C(=O)NCc1cccnc1. The molecule has 0 saturated carbocycles. The van der Waals surface area contributed by atoms with Crippen LogP contribution in [-0.2, 0) is 11.3 Å². The van der Waals surface area contributed by atoms with Crippen LogP contribution in [0.25, 0.3) is 0 Å². The number of carbonyl (C=O) groups excluding carboxylic acids is 1. The van der Waals surface area contributed by atoms with Crippen molar-refractivity contribution in [2.75, 3.05) is 0 Å². The number of pyridine rings is 1. The molecule has 14 heavy (non-hydrogen) atoms. The van der Waals surface area contributed by atoms with Crippen molar-refractivity contribution in [1.29, 1.82) is 0 Å². The van der Waals surface area contributed by atoms with Gasteiger partial charge in [-0.3, -0.25) is 9.78 Å². The summed E-state index contributed by atoms with van der Waals surface area (Å²) in [5.74, 6) is -0.127. The molecule has 76 valence electrons. The standard InChI is InChI=1S/C10H13ClN2O/c1-2-9(11)10(14)13-7-8-4-3-5-12-6-8/h3-6,9H,2,7H2,1H3,(H,13,14). The molecular weight excluding hydrogens is 200 g/mol. The number of hydrogen-bond acceptors (Lipinski definition) is 2. The van der Waals surface area contributed by atoms with Gasteiger partial charge in [-0.15, -0.1) is 11.6 Å². The number of amides is 1. The highest BCUT2D eigenvalue weighted by atomic mass is 35.5. The summed E-state index contributed by atoms with van der Waals surface area (Å²) in [6.45, 7) is 2.36. The third-order valence-corrected chi connectivity index (χ3v) is 2.34. The van der Waals surface area contributed by atoms with E-state index in [1.54, 1.807) is 12.4 Å². The lowest BCUT2D eigenvalue weighted by Crippen LogP contribution is -2.30. The molecule has 1 heterocycles. The summed E-state index contributed by atoms with van der Waals surface area (Å²) in [6, 6.07) is 3.74. The van der Waals surface area contributed by atoms with Crippen LogP contribution in [0.15, 0.2) is 24.5 Å². The van der Waals surface area contributed by atoms with Gasteiger partial charge >= 0.3 is 0 Å². The van der Waals surface area contributed by atoms with E-state index >= 15 is 0 Å². The second-order valence-electron chi connectivity index (χ2n) is 2.95. The third kappa shape index (κ3) is 3.34. The van der Waals surface area contributed by atoms with Crippen LogP contribution in [0.2, 0.25) is 0 Å². The Hall–Kier alpha value is -1.09. The lowest BCUT2D eigenvalue weighted by molar-refractivity contribution is -0.120. The van der Waals surface area contributed by atoms with E-state index in [1.807, 2.05) is 19.1 Å². The number of nitrogens with zero attached hydrogens (tertiary/aromatic N) is 1. The van der Waals surface area contributed by atoms with Crippen LogP contribution in [0.5, 0.6) is 0 Å². The van der Waals surface area contributed by atoms with Gasteiger partial charge in [0.2, 0.25) is 5.91 Å². The molecule has 1 aromatic heterocycles. The molecular formula is C10H13ClN2O. The van der Waals surface area contributed by atoms with E-state index in [0.29, 0.717) is 13.0 Å². The Morgan fingerprint density at radius 1 is 1.71 bits per heavy atom. The average Bonchev–Trinajstić information content (AvgIpc) is 2.26. The fourth-order valence-corrected chi connectivity index (χ4v) is 1.07. The zero-order valence-corrected chi connectivity index (χ0v) is 8.79. The highest BCUT2D eigenvalue weighted by Gasteiger charge is 2.11. The summed E-state index contributed by atoms with van der Waals surface area (Å²) in [5, 5.41) is 2.30. The molecule has 1 unspecified atom stereocenters. The van der Waals surface area contributed by atoms with Crippen molar-refractivity contribution in [2.45, 2.75) is 25.3 Å². The molecule has 0 aliphatic carbocycles. The van der Waals surface area contributed by atoms with E-state index < -0.39 is 5.38 Å². The first kappa shape index (κ1) is 11.0. The van der Waals surface area contributed by atoms with Crippen LogP contribution >= 0.6 is 11.6 Å². The molecule has 1 N–H and O–H groups in total. The maximum absolute atomic E-state index is 11.3. The number of halogens is 1. The van der Waals surface area contributed by atoms with Crippen molar-refractivity contribution in [3.05, 3.63) is 30.1 Å². The first-order chi connectivity index (χ1) is 6.74. The van der Waals surface area contributed by atoms with Crippen molar-refractivity contribution < 1.29 is 4.79 Å². The fourth-order valence-electron chi connectivity index (χ4n) is 0.988. The molecule has 0 spiro atoms. The van der Waals surface area contributed by atoms with Crippen molar-refractivity contribution >= 4 is 17.5 Å². The third-order valence-electron chi connectivity index (χ3n) is 1.83. The van der Waals surface area contributed by atoms with Crippen molar-refractivity contribution in [1.82, 2.24) is 10.3 Å². The predicted molar refractivity (Wildman–Crippen MR) is 56.0 cm³/mol. The van der Waals surface area contributed by atoms with Crippen LogP contribution in [0.1, 0.15) is 18.9 Å². The van der Waals surface area contributed by atoms with Gasteiger partial charge in [0.15, 0.2) is 0 Å². The van der Waals surface area contributed by atoms with Crippen molar-refractivity contribution in [2.24, 2.45) is 0 Å². The number of rotatable bonds is 4. The topological polar surface area (TPSA) is 42.0 Å². The Kier molecular flexibility index (Phi) is 4.40. The molecule has 0 aliphatic rings. The Balaban J connectivity index is 2.38. The summed E-state index contributed by atoms with van der Waals surface area (Å²) in [5.41, 5.74) is 0.973. The van der Waals surface area contributed by atoms with Gasteiger partial charge in [-0.25, -0.2) is 0 Å². The highest BCUT2D eigenvalue weighted by Crippen LogP contribution is 2.01. The Labute approximate surface area is 88.5 Å². The maximum atomic E-state index is 11.3. The number of aromatic nitrogens is 1. The molecule has 0 fully saturated rings. The smallest absolute Gasteiger partial charge is 0.238 e. The highest BCUT2D eigenvalue weighted by molar-refractivity contribution is 6.30. The Morgan fingerprint density at radius 3 is 3.07 bits per heavy atom. The Morgan fingerprint density at radius 2 is 2.50 bits per heavy atom. The summed E-state index contributed by atoms with van der Waals surface area (Å²) in [4.78, 5) is 15.2. The largest absolute Gasteiger partial charge is 0.351 e. The first-order valence-corrected chi connectivity index (χ1v) is 4.98. The van der Waals surface area contributed by atoms with Gasteiger partial charge in [0, 0.05) is 18.9 Å². The van der Waals surface area contributed by atoms with Gasteiger partial charge in [-0.05, 0) is 18.1 Å². The van der Waals surface area contributed by atoms with Crippen LogP contribution in [0.4, 0.5) is 0 Å². The van der Waals surface area contributed by atoms with E-state index in [9.17, 15) is 4.79 Å². The van der Waals surface area contributed by atoms with Crippen LogP contribution in [0.3, 0.4) is 0 Å². The second-order valence-corrected chi connectivity index (χ2v) is 3.48. The second kappa shape index (κ2) is 5.60. The zero-order chi connectivity index (χ0) is 10.4. The number of nitrogens with one attached hydrogen (secondary N) is 1. The van der Waals surface area contributed by atoms with Crippen molar-refractivity contribution in [3.8, 4) is 0 Å². The van der Waals surface area contributed by atoms with Gasteiger partial charge in [0.05, 0.1) is 0 Å². The molecule has 0 bridgehead atoms. The summed E-state index contributed by atoms with van der Waals surface area (Å²) in [7, 11) is 0. The molecule has 1 atom stereocenters. The molecule has 0 saturated heterocycles. The van der Waals surface area contributed by atoms with E-state index in [4.69, 9.17) is 11.6 Å². The van der Waals surface area contributed by atoms with Gasteiger partial charge in [0.1, 0.15) is 5.38 Å². The van der Waals surface area contributed by atoms with Crippen LogP contribution < -0.4 is 5.32 Å². The fraction of sp³-hybridized carbons (Fsp3) is 0.400. The minimum absolute atomic E-state index is 0.127. The van der Waals surface area contributed by atoms with Crippen molar-refractivity contribution in [3.63, 3.8) is 0 Å². The zero-order valence-electron chi connectivity index (χ0n) is 8.03. The molecule has 0 aromatic carbocycles. The molecule has 4 heteroatoms.